The molecule has 0 aliphatic heterocycles. The molecule has 13 heavy (non-hydrogen) atoms. The highest BCUT2D eigenvalue weighted by Crippen LogP contribution is 2.16. The number of hydrogen-bond acceptors (Lipinski definition) is 3. The van der Waals surface area contributed by atoms with E-state index in [4.69, 9.17) is 23.2 Å². The SMILES string of the molecule is CC(=O)/C=C/c1cc(Cl)nnc1Cl. The van der Waals surface area contributed by atoms with Crippen molar-refractivity contribution in [2.75, 3.05) is 0 Å². The molecule has 0 N–H and O–H groups in total. The largest absolute Gasteiger partial charge is 0.295 e. The molecule has 0 saturated carbocycles. The number of hydrogen-bond donors (Lipinski definition) is 0. The molecule has 0 aliphatic rings. The van der Waals surface area contributed by atoms with Gasteiger partial charge in [-0.25, -0.2) is 0 Å². The summed E-state index contributed by atoms with van der Waals surface area (Å²) in [4.78, 5) is 10.6. The molecule has 1 aromatic rings. The van der Waals surface area contributed by atoms with Crippen molar-refractivity contribution in [3.63, 3.8) is 0 Å². The smallest absolute Gasteiger partial charge is 0.159 e. The first-order valence-corrected chi connectivity index (χ1v) is 4.22. The first-order valence-electron chi connectivity index (χ1n) is 3.47. The molecule has 1 aromatic heterocycles. The molecule has 5 heteroatoms. The van der Waals surface area contributed by atoms with Crippen LogP contribution in [-0.4, -0.2) is 16.0 Å². The second-order valence-corrected chi connectivity index (χ2v) is 3.10. The third-order valence-electron chi connectivity index (χ3n) is 1.24. The molecule has 68 valence electrons. The Kier molecular flexibility index (Phi) is 3.39. The molecule has 0 aliphatic carbocycles. The molecular weight excluding hydrogens is 211 g/mol. The lowest BCUT2D eigenvalue weighted by molar-refractivity contribution is -0.112. The van der Waals surface area contributed by atoms with E-state index in [1.165, 1.54) is 19.1 Å². The minimum absolute atomic E-state index is 0.0657. The van der Waals surface area contributed by atoms with E-state index < -0.39 is 0 Å². The fourth-order valence-electron chi connectivity index (χ4n) is 0.690. The Morgan fingerprint density at radius 1 is 1.46 bits per heavy atom. The Balaban J connectivity index is 3.00. The molecule has 3 nitrogen and oxygen atoms in total. The van der Waals surface area contributed by atoms with Crippen molar-refractivity contribution in [1.29, 1.82) is 0 Å². The van der Waals surface area contributed by atoms with Crippen LogP contribution in [0.5, 0.6) is 0 Å². The predicted octanol–water partition coefficient (Wildman–Crippen LogP) is 2.39. The monoisotopic (exact) mass is 216 g/mol. The normalized spacial score (nSPS) is 10.7. The van der Waals surface area contributed by atoms with Crippen molar-refractivity contribution in [3.8, 4) is 0 Å². The summed E-state index contributed by atoms with van der Waals surface area (Å²) in [5.74, 6) is -0.0657. The van der Waals surface area contributed by atoms with Crippen LogP contribution in [0.2, 0.25) is 10.3 Å². The fourth-order valence-corrected chi connectivity index (χ4v) is 1.00. The molecule has 0 unspecified atom stereocenters. The quantitative estimate of drug-likeness (QED) is 0.714. The van der Waals surface area contributed by atoms with E-state index in [9.17, 15) is 4.79 Å². The van der Waals surface area contributed by atoms with Crippen LogP contribution in [0.4, 0.5) is 0 Å². The van der Waals surface area contributed by atoms with Gasteiger partial charge in [0.25, 0.3) is 0 Å². The Morgan fingerprint density at radius 3 is 2.77 bits per heavy atom. The zero-order valence-corrected chi connectivity index (χ0v) is 8.30. The topological polar surface area (TPSA) is 42.9 Å². The van der Waals surface area contributed by atoms with E-state index in [2.05, 4.69) is 10.2 Å². The summed E-state index contributed by atoms with van der Waals surface area (Å²) in [6.07, 6.45) is 2.93. The number of nitrogens with zero attached hydrogens (tertiary/aromatic N) is 2. The summed E-state index contributed by atoms with van der Waals surface area (Å²) in [7, 11) is 0. The van der Waals surface area contributed by atoms with Crippen molar-refractivity contribution in [3.05, 3.63) is 28.0 Å². The van der Waals surface area contributed by atoms with Crippen molar-refractivity contribution >= 4 is 35.1 Å². The van der Waals surface area contributed by atoms with Crippen molar-refractivity contribution in [2.45, 2.75) is 6.92 Å². The molecule has 0 amide bonds. The van der Waals surface area contributed by atoms with Gasteiger partial charge in [-0.15, -0.1) is 10.2 Å². The van der Waals surface area contributed by atoms with Crippen LogP contribution in [-0.2, 0) is 4.79 Å². The van der Waals surface area contributed by atoms with Crippen LogP contribution >= 0.6 is 23.2 Å². The average molecular weight is 217 g/mol. The number of aromatic nitrogens is 2. The molecule has 0 fully saturated rings. The number of carbonyl (C=O) groups is 1. The molecule has 0 aromatic carbocycles. The molecule has 0 saturated heterocycles. The van der Waals surface area contributed by atoms with Gasteiger partial charge in [-0.1, -0.05) is 23.2 Å². The molecular formula is C8H6Cl2N2O. The third-order valence-corrected chi connectivity index (χ3v) is 1.72. The summed E-state index contributed by atoms with van der Waals surface area (Å²) >= 11 is 11.3. The lowest BCUT2D eigenvalue weighted by Crippen LogP contribution is -1.87. The van der Waals surface area contributed by atoms with Gasteiger partial charge in [0.15, 0.2) is 16.1 Å². The van der Waals surface area contributed by atoms with E-state index in [0.717, 1.165) is 0 Å². The minimum Gasteiger partial charge on any atom is -0.295 e. The number of rotatable bonds is 2. The summed E-state index contributed by atoms with van der Waals surface area (Å²) in [6, 6.07) is 1.54. The lowest BCUT2D eigenvalue weighted by Gasteiger charge is -1.95. The van der Waals surface area contributed by atoms with Crippen LogP contribution in [0, 0.1) is 0 Å². The summed E-state index contributed by atoms with van der Waals surface area (Å²) in [5, 5.41) is 7.58. The van der Waals surface area contributed by atoms with Crippen LogP contribution in [0.3, 0.4) is 0 Å². The maximum absolute atomic E-state index is 10.6. The van der Waals surface area contributed by atoms with E-state index in [-0.39, 0.29) is 16.1 Å². The Bertz CT molecular complexity index is 363. The maximum Gasteiger partial charge on any atom is 0.159 e. The standard InChI is InChI=1S/C8H6Cl2N2O/c1-5(13)2-3-6-4-7(9)11-12-8(6)10/h2-4H,1H3/b3-2+. The fraction of sp³-hybridized carbons (Fsp3) is 0.125. The molecule has 0 bridgehead atoms. The van der Waals surface area contributed by atoms with Gasteiger partial charge in [0.1, 0.15) is 0 Å². The van der Waals surface area contributed by atoms with Crippen molar-refractivity contribution in [1.82, 2.24) is 10.2 Å². The van der Waals surface area contributed by atoms with Crippen molar-refractivity contribution in [2.24, 2.45) is 0 Å². The second kappa shape index (κ2) is 4.35. The summed E-state index contributed by atoms with van der Waals surface area (Å²) < 4.78 is 0. The second-order valence-electron chi connectivity index (χ2n) is 2.36. The van der Waals surface area contributed by atoms with Gasteiger partial charge in [0.2, 0.25) is 0 Å². The van der Waals surface area contributed by atoms with Gasteiger partial charge in [-0.3, -0.25) is 4.79 Å². The first kappa shape index (κ1) is 10.2. The van der Waals surface area contributed by atoms with Crippen LogP contribution in [0.25, 0.3) is 6.08 Å². The van der Waals surface area contributed by atoms with Crippen molar-refractivity contribution < 1.29 is 4.79 Å². The molecule has 1 rings (SSSR count). The predicted molar refractivity (Wildman–Crippen MR) is 51.8 cm³/mol. The first-order chi connectivity index (χ1) is 6.09. The highest BCUT2D eigenvalue weighted by molar-refractivity contribution is 6.32. The Hall–Kier alpha value is -0.930. The molecule has 0 atom stereocenters. The van der Waals surface area contributed by atoms with E-state index in [1.807, 2.05) is 0 Å². The molecule has 0 spiro atoms. The minimum atomic E-state index is -0.0657. The summed E-state index contributed by atoms with van der Waals surface area (Å²) in [6.45, 7) is 1.45. The van der Waals surface area contributed by atoms with E-state index in [0.29, 0.717) is 5.56 Å². The molecule has 0 radical (unpaired) electrons. The van der Waals surface area contributed by atoms with Gasteiger partial charge in [-0.05, 0) is 25.1 Å². The third kappa shape index (κ3) is 3.13. The Labute approximate surface area is 85.4 Å². The van der Waals surface area contributed by atoms with Crippen LogP contribution < -0.4 is 0 Å². The number of halogens is 2. The maximum atomic E-state index is 10.6. The van der Waals surface area contributed by atoms with E-state index in [1.54, 1.807) is 6.08 Å². The van der Waals surface area contributed by atoms with Gasteiger partial charge in [0.05, 0.1) is 0 Å². The summed E-state index contributed by atoms with van der Waals surface area (Å²) in [5.41, 5.74) is 0.580. The van der Waals surface area contributed by atoms with Crippen LogP contribution in [0.15, 0.2) is 12.1 Å². The highest BCUT2D eigenvalue weighted by Gasteiger charge is 2.00. The molecule has 1 heterocycles. The number of allylic oxidation sites excluding steroid dienone is 1. The van der Waals surface area contributed by atoms with Gasteiger partial charge < -0.3 is 0 Å². The highest BCUT2D eigenvalue weighted by atomic mass is 35.5. The Morgan fingerprint density at radius 2 is 2.15 bits per heavy atom. The van der Waals surface area contributed by atoms with Gasteiger partial charge >= 0.3 is 0 Å². The van der Waals surface area contributed by atoms with Gasteiger partial charge in [-0.2, -0.15) is 0 Å². The average Bonchev–Trinajstić information content (AvgIpc) is 2.06. The zero-order valence-electron chi connectivity index (χ0n) is 6.79. The number of ketones is 1. The number of carbonyl (C=O) groups excluding carboxylic acids is 1. The lowest BCUT2D eigenvalue weighted by atomic mass is 10.2. The van der Waals surface area contributed by atoms with E-state index >= 15 is 0 Å². The zero-order chi connectivity index (χ0) is 9.84. The van der Waals surface area contributed by atoms with Crippen LogP contribution in [0.1, 0.15) is 12.5 Å². The van der Waals surface area contributed by atoms with Gasteiger partial charge in [0, 0.05) is 5.56 Å².